The molecule has 23 heavy (non-hydrogen) atoms. The molecule has 1 aliphatic rings. The number of hydrogen-bond donors (Lipinski definition) is 1. The zero-order valence-corrected chi connectivity index (χ0v) is 12.6. The van der Waals surface area contributed by atoms with Gasteiger partial charge in [-0.25, -0.2) is 0 Å². The Kier molecular flexibility index (Phi) is 4.23. The molecule has 1 aromatic carbocycles. The fraction of sp³-hybridized carbons (Fsp3) is 0.235. The lowest BCUT2D eigenvalue weighted by Crippen LogP contribution is -2.56. The van der Waals surface area contributed by atoms with E-state index in [-0.39, 0.29) is 11.8 Å². The fourth-order valence-electron chi connectivity index (χ4n) is 2.50. The van der Waals surface area contributed by atoms with Gasteiger partial charge in [0.1, 0.15) is 6.04 Å². The molecule has 0 aliphatic carbocycles. The molecule has 0 saturated carbocycles. The first-order chi connectivity index (χ1) is 11.2. The highest BCUT2D eigenvalue weighted by Gasteiger charge is 2.36. The zero-order chi connectivity index (χ0) is 16.2. The normalized spacial score (nSPS) is 16.5. The molecule has 1 atom stereocenters. The number of hydrogen-bond acceptors (Lipinski definition) is 4. The quantitative estimate of drug-likeness (QED) is 0.857. The van der Waals surface area contributed by atoms with Gasteiger partial charge < -0.3 is 9.42 Å². The zero-order valence-electron chi connectivity index (χ0n) is 12.6. The summed E-state index contributed by atoms with van der Waals surface area (Å²) in [5.41, 5.74) is 1.85. The van der Waals surface area contributed by atoms with Crippen LogP contribution in [0.25, 0.3) is 0 Å². The molecule has 6 nitrogen and oxygen atoms in total. The highest BCUT2D eigenvalue weighted by molar-refractivity contribution is 5.99. The molecule has 1 aliphatic heterocycles. The fourth-order valence-corrected chi connectivity index (χ4v) is 2.50. The maximum absolute atomic E-state index is 12.2. The van der Waals surface area contributed by atoms with Crippen molar-refractivity contribution in [3.8, 4) is 0 Å². The highest BCUT2D eigenvalue weighted by Crippen LogP contribution is 2.20. The maximum Gasteiger partial charge on any atom is 0.249 e. The Hall–Kier alpha value is -2.89. The van der Waals surface area contributed by atoms with Crippen molar-refractivity contribution < 1.29 is 14.1 Å². The number of amides is 2. The van der Waals surface area contributed by atoms with Gasteiger partial charge in [-0.05, 0) is 18.1 Å². The van der Waals surface area contributed by atoms with Crippen LogP contribution in [0.15, 0.2) is 53.6 Å². The van der Waals surface area contributed by atoms with E-state index in [0.29, 0.717) is 25.3 Å². The van der Waals surface area contributed by atoms with Crippen LogP contribution in [0.2, 0.25) is 0 Å². The first-order valence-corrected chi connectivity index (χ1v) is 7.41. The molecular weight excluding hydrogens is 294 g/mol. The number of nitrogens with zero attached hydrogens (tertiary/aromatic N) is 2. The molecule has 0 unspecified atom stereocenters. The number of anilines is 1. The van der Waals surface area contributed by atoms with Gasteiger partial charge in [-0.2, -0.15) is 0 Å². The van der Waals surface area contributed by atoms with Crippen molar-refractivity contribution in [2.24, 2.45) is 0 Å². The summed E-state index contributed by atoms with van der Waals surface area (Å²) in [5.74, 6) is -0.216. The molecule has 0 radical (unpaired) electrons. The molecule has 1 aromatic heterocycles. The number of rotatable bonds is 5. The summed E-state index contributed by atoms with van der Waals surface area (Å²) in [6.07, 6.45) is 2.48. The highest BCUT2D eigenvalue weighted by atomic mass is 16.5. The number of carbonyl (C=O) groups is 2. The standard InChI is InChI=1S/C17H17N3O3/c1-2-16(21)20-9-8-14(20)17(22)18-15-11-13(19-23-15)10-12-6-4-3-5-7-12/h2-7,11,14H,1,8-10H2,(H,18,22)/t14-/m0/s1. The summed E-state index contributed by atoms with van der Waals surface area (Å²) in [6, 6.07) is 11.1. The van der Waals surface area contributed by atoms with Crippen molar-refractivity contribution in [2.45, 2.75) is 18.9 Å². The number of carbonyl (C=O) groups excluding carboxylic acids is 2. The predicted molar refractivity (Wildman–Crippen MR) is 84.7 cm³/mol. The van der Waals surface area contributed by atoms with Gasteiger partial charge in [-0.3, -0.25) is 14.9 Å². The van der Waals surface area contributed by atoms with Crippen LogP contribution in [0.5, 0.6) is 0 Å². The molecule has 1 fully saturated rings. The molecule has 2 heterocycles. The molecule has 3 rings (SSSR count). The summed E-state index contributed by atoms with van der Waals surface area (Å²) in [4.78, 5) is 25.2. The predicted octanol–water partition coefficient (Wildman–Crippen LogP) is 1.99. The minimum atomic E-state index is -0.469. The summed E-state index contributed by atoms with van der Waals surface area (Å²) >= 11 is 0. The van der Waals surface area contributed by atoms with Crippen molar-refractivity contribution in [2.75, 3.05) is 11.9 Å². The second kappa shape index (κ2) is 6.48. The smallest absolute Gasteiger partial charge is 0.249 e. The first-order valence-electron chi connectivity index (χ1n) is 7.41. The van der Waals surface area contributed by atoms with Crippen LogP contribution in [0.1, 0.15) is 17.7 Å². The van der Waals surface area contributed by atoms with Gasteiger partial charge in [-0.1, -0.05) is 42.1 Å². The minimum absolute atomic E-state index is 0.237. The Balaban J connectivity index is 1.60. The van der Waals surface area contributed by atoms with Gasteiger partial charge >= 0.3 is 0 Å². The maximum atomic E-state index is 12.2. The van der Waals surface area contributed by atoms with Crippen LogP contribution in [0, 0.1) is 0 Å². The van der Waals surface area contributed by atoms with Crippen molar-refractivity contribution in [1.82, 2.24) is 10.1 Å². The Morgan fingerprint density at radius 1 is 1.39 bits per heavy atom. The van der Waals surface area contributed by atoms with E-state index in [2.05, 4.69) is 17.1 Å². The molecule has 1 saturated heterocycles. The summed E-state index contributed by atoms with van der Waals surface area (Å²) in [7, 11) is 0. The lowest BCUT2D eigenvalue weighted by molar-refractivity contribution is -0.141. The number of nitrogens with one attached hydrogen (secondary N) is 1. The summed E-state index contributed by atoms with van der Waals surface area (Å²) < 4.78 is 5.14. The average Bonchev–Trinajstić information content (AvgIpc) is 2.93. The Morgan fingerprint density at radius 3 is 2.83 bits per heavy atom. The average molecular weight is 311 g/mol. The van der Waals surface area contributed by atoms with Crippen molar-refractivity contribution >= 4 is 17.7 Å². The molecule has 2 aromatic rings. The molecule has 1 N–H and O–H groups in total. The minimum Gasteiger partial charge on any atom is -0.338 e. The second-order valence-corrected chi connectivity index (χ2v) is 5.37. The van der Waals surface area contributed by atoms with Crippen molar-refractivity contribution in [3.05, 3.63) is 60.3 Å². The SMILES string of the molecule is C=CC(=O)N1CC[C@H]1C(=O)Nc1cc(Cc2ccccc2)no1. The third-order valence-electron chi connectivity index (χ3n) is 3.81. The van der Waals surface area contributed by atoms with Gasteiger partial charge in [0.05, 0.1) is 5.69 Å². The second-order valence-electron chi connectivity index (χ2n) is 5.37. The largest absolute Gasteiger partial charge is 0.338 e. The van der Waals surface area contributed by atoms with Crippen molar-refractivity contribution in [1.29, 1.82) is 0 Å². The molecule has 0 bridgehead atoms. The van der Waals surface area contributed by atoms with Crippen LogP contribution in [0.3, 0.4) is 0 Å². The van der Waals surface area contributed by atoms with Gasteiger partial charge in [0.15, 0.2) is 0 Å². The number of aromatic nitrogens is 1. The van der Waals surface area contributed by atoms with Gasteiger partial charge in [0.2, 0.25) is 17.7 Å². The van der Waals surface area contributed by atoms with Crippen LogP contribution in [-0.4, -0.2) is 34.5 Å². The van der Waals surface area contributed by atoms with E-state index in [1.54, 1.807) is 6.07 Å². The molecule has 2 amide bonds. The van der Waals surface area contributed by atoms with E-state index in [4.69, 9.17) is 4.52 Å². The van der Waals surface area contributed by atoms with Crippen LogP contribution >= 0.6 is 0 Å². The van der Waals surface area contributed by atoms with E-state index in [1.165, 1.54) is 11.0 Å². The monoisotopic (exact) mass is 311 g/mol. The Morgan fingerprint density at radius 2 is 2.17 bits per heavy atom. The third kappa shape index (κ3) is 3.31. The van der Waals surface area contributed by atoms with E-state index in [1.807, 2.05) is 30.3 Å². The van der Waals surface area contributed by atoms with Crippen LogP contribution in [0.4, 0.5) is 5.88 Å². The molecule has 6 heteroatoms. The topological polar surface area (TPSA) is 75.4 Å². The van der Waals surface area contributed by atoms with Crippen molar-refractivity contribution in [3.63, 3.8) is 0 Å². The van der Waals surface area contributed by atoms with Gasteiger partial charge in [0.25, 0.3) is 0 Å². The Bertz CT molecular complexity index is 724. The lowest BCUT2D eigenvalue weighted by Gasteiger charge is -2.38. The molecular formula is C17H17N3O3. The summed E-state index contributed by atoms with van der Waals surface area (Å²) in [6.45, 7) is 4.00. The number of likely N-dealkylation sites (tertiary alicyclic amines) is 1. The molecule has 0 spiro atoms. The van der Waals surface area contributed by atoms with E-state index < -0.39 is 6.04 Å². The Labute approximate surface area is 133 Å². The van der Waals surface area contributed by atoms with Gasteiger partial charge in [0, 0.05) is 19.0 Å². The first kappa shape index (κ1) is 15.0. The van der Waals surface area contributed by atoms with Gasteiger partial charge in [-0.15, -0.1) is 0 Å². The van der Waals surface area contributed by atoms with Crippen LogP contribution < -0.4 is 5.32 Å². The third-order valence-corrected chi connectivity index (χ3v) is 3.81. The number of benzene rings is 1. The van der Waals surface area contributed by atoms with E-state index in [0.717, 1.165) is 11.3 Å². The van der Waals surface area contributed by atoms with E-state index in [9.17, 15) is 9.59 Å². The lowest BCUT2D eigenvalue weighted by atomic mass is 10.0. The summed E-state index contributed by atoms with van der Waals surface area (Å²) in [5, 5.41) is 6.61. The molecule has 118 valence electrons. The van der Waals surface area contributed by atoms with Crippen LogP contribution in [-0.2, 0) is 16.0 Å². The van der Waals surface area contributed by atoms with E-state index >= 15 is 0 Å².